The van der Waals surface area contributed by atoms with E-state index in [4.69, 9.17) is 11.6 Å². The number of nitrogens with zero attached hydrogens (tertiary/aromatic N) is 1. The number of aromatic nitrogens is 1. The second-order valence-corrected chi connectivity index (χ2v) is 7.89. The molecule has 0 aliphatic heterocycles. The van der Waals surface area contributed by atoms with Crippen molar-refractivity contribution in [2.45, 2.75) is 32.4 Å². The number of amides is 1. The molecule has 1 aromatic heterocycles. The van der Waals surface area contributed by atoms with Crippen molar-refractivity contribution in [3.8, 4) is 10.6 Å². The Bertz CT molecular complexity index is 972. The van der Waals surface area contributed by atoms with Gasteiger partial charge in [0.25, 0.3) is 0 Å². The molecule has 0 fully saturated rings. The van der Waals surface area contributed by atoms with Crippen LogP contribution in [0.15, 0.2) is 47.8 Å². The highest BCUT2D eigenvalue weighted by Crippen LogP contribution is 2.28. The van der Waals surface area contributed by atoms with Gasteiger partial charge in [-0.25, -0.2) is 9.37 Å². The molecule has 1 amide bonds. The summed E-state index contributed by atoms with van der Waals surface area (Å²) in [5.74, 6) is -0.913. The number of thiazole rings is 1. The van der Waals surface area contributed by atoms with E-state index in [1.54, 1.807) is 6.92 Å². The number of benzene rings is 2. The van der Waals surface area contributed by atoms with Gasteiger partial charge in [-0.1, -0.05) is 41.4 Å². The molecular formula is C21H20ClFN2O2S. The maximum absolute atomic E-state index is 14.0. The molecule has 7 heteroatoms. The molecule has 4 nitrogen and oxygen atoms in total. The first-order valence-electron chi connectivity index (χ1n) is 8.78. The molecule has 28 heavy (non-hydrogen) atoms. The molecule has 3 rings (SSSR count). The molecule has 3 aromatic rings. The molecule has 146 valence electrons. The number of aryl methyl sites for hydroxylation is 1. The van der Waals surface area contributed by atoms with Gasteiger partial charge in [0.1, 0.15) is 16.9 Å². The summed E-state index contributed by atoms with van der Waals surface area (Å²) in [5, 5.41) is 15.9. The Morgan fingerprint density at radius 1 is 1.32 bits per heavy atom. The van der Waals surface area contributed by atoms with E-state index in [2.05, 4.69) is 10.3 Å². The molecule has 0 saturated heterocycles. The lowest BCUT2D eigenvalue weighted by atomic mass is 10.0. The third-order valence-corrected chi connectivity index (χ3v) is 5.59. The van der Waals surface area contributed by atoms with Crippen molar-refractivity contribution in [3.05, 3.63) is 75.5 Å². The Hall–Kier alpha value is -2.28. The molecule has 2 atom stereocenters. The summed E-state index contributed by atoms with van der Waals surface area (Å²) < 4.78 is 14.0. The van der Waals surface area contributed by atoms with Gasteiger partial charge in [-0.3, -0.25) is 4.79 Å². The number of carbonyl (C=O) groups excluding carboxylic acids is 1. The molecule has 0 bridgehead atoms. The molecule has 2 aromatic carbocycles. The van der Waals surface area contributed by atoms with Crippen molar-refractivity contribution in [1.82, 2.24) is 10.3 Å². The fraction of sp³-hybridized carbons (Fsp3) is 0.238. The summed E-state index contributed by atoms with van der Waals surface area (Å²) in [6, 6.07) is 11.5. The van der Waals surface area contributed by atoms with E-state index in [1.165, 1.54) is 29.5 Å². The summed E-state index contributed by atoms with van der Waals surface area (Å²) in [7, 11) is 0. The van der Waals surface area contributed by atoms with Crippen molar-refractivity contribution >= 4 is 28.8 Å². The first kappa shape index (κ1) is 20.5. The quantitative estimate of drug-likeness (QED) is 0.610. The Morgan fingerprint density at radius 3 is 2.79 bits per heavy atom. The number of halogens is 2. The minimum atomic E-state index is -1.25. The van der Waals surface area contributed by atoms with Gasteiger partial charge in [0.15, 0.2) is 0 Å². The van der Waals surface area contributed by atoms with Crippen LogP contribution >= 0.6 is 22.9 Å². The molecule has 0 aliphatic carbocycles. The summed E-state index contributed by atoms with van der Waals surface area (Å²) in [6.45, 7) is 3.62. The van der Waals surface area contributed by atoms with Gasteiger partial charge in [0.2, 0.25) is 5.91 Å². The topological polar surface area (TPSA) is 62.2 Å². The predicted octanol–water partition coefficient (Wildman–Crippen LogP) is 4.69. The van der Waals surface area contributed by atoms with Crippen LogP contribution in [-0.4, -0.2) is 22.0 Å². The Labute approximate surface area is 172 Å². The van der Waals surface area contributed by atoms with Crippen LogP contribution in [0.2, 0.25) is 5.02 Å². The zero-order valence-corrected chi connectivity index (χ0v) is 17.0. The van der Waals surface area contributed by atoms with E-state index in [0.29, 0.717) is 5.69 Å². The second-order valence-electron chi connectivity index (χ2n) is 6.63. The smallest absolute Gasteiger partial charge is 0.226 e. The van der Waals surface area contributed by atoms with E-state index in [0.717, 1.165) is 16.1 Å². The van der Waals surface area contributed by atoms with Gasteiger partial charge in [-0.05, 0) is 32.0 Å². The number of hydrogen-bond donors (Lipinski definition) is 2. The molecule has 0 radical (unpaired) electrons. The minimum Gasteiger partial charge on any atom is -0.386 e. The first-order chi connectivity index (χ1) is 13.3. The third kappa shape index (κ3) is 4.76. The monoisotopic (exact) mass is 418 g/mol. The number of aliphatic hydroxyl groups excluding tert-OH is 1. The summed E-state index contributed by atoms with van der Waals surface area (Å²) in [5.41, 5.74) is 2.77. The maximum Gasteiger partial charge on any atom is 0.226 e. The highest BCUT2D eigenvalue weighted by Gasteiger charge is 2.24. The van der Waals surface area contributed by atoms with Crippen LogP contribution in [0.3, 0.4) is 0 Å². The number of rotatable bonds is 6. The van der Waals surface area contributed by atoms with Crippen LogP contribution in [0.5, 0.6) is 0 Å². The predicted molar refractivity (Wildman–Crippen MR) is 110 cm³/mol. The summed E-state index contributed by atoms with van der Waals surface area (Å²) in [4.78, 5) is 16.9. The SMILES string of the molecule is Cc1cccc(-c2nc(CC(=O)N[C@@H](C)[C@H](O)c3c(F)cccc3Cl)cs2)c1. The normalized spacial score (nSPS) is 13.2. The first-order valence-corrected chi connectivity index (χ1v) is 10.0. The van der Waals surface area contributed by atoms with E-state index in [9.17, 15) is 14.3 Å². The lowest BCUT2D eigenvalue weighted by Crippen LogP contribution is -2.38. The van der Waals surface area contributed by atoms with Crippen molar-refractivity contribution in [2.75, 3.05) is 0 Å². The van der Waals surface area contributed by atoms with Gasteiger partial charge in [-0.2, -0.15) is 0 Å². The fourth-order valence-corrected chi connectivity index (χ4v) is 3.98. The van der Waals surface area contributed by atoms with Crippen LogP contribution in [-0.2, 0) is 11.2 Å². The highest BCUT2D eigenvalue weighted by molar-refractivity contribution is 7.13. The van der Waals surface area contributed by atoms with Crippen LogP contribution in [0.25, 0.3) is 10.6 Å². The van der Waals surface area contributed by atoms with Crippen LogP contribution in [0.1, 0.15) is 29.8 Å². The van der Waals surface area contributed by atoms with E-state index < -0.39 is 18.0 Å². The highest BCUT2D eigenvalue weighted by atomic mass is 35.5. The minimum absolute atomic E-state index is 0.0210. The number of carbonyl (C=O) groups is 1. The van der Waals surface area contributed by atoms with Crippen molar-refractivity contribution in [2.24, 2.45) is 0 Å². The van der Waals surface area contributed by atoms with Gasteiger partial charge in [-0.15, -0.1) is 11.3 Å². The molecule has 0 aliphatic rings. The second kappa shape index (κ2) is 8.82. The van der Waals surface area contributed by atoms with Gasteiger partial charge >= 0.3 is 0 Å². The standard InChI is InChI=1S/C21H20ClFN2O2S/c1-12-5-3-6-14(9-12)21-25-15(11-28-21)10-18(26)24-13(2)20(27)19-16(22)7-4-8-17(19)23/h3-9,11,13,20,27H,10H2,1-2H3,(H,24,26)/t13-,20-/m0/s1. The lowest BCUT2D eigenvalue weighted by Gasteiger charge is -2.21. The average molecular weight is 419 g/mol. The van der Waals surface area contributed by atoms with Crippen molar-refractivity contribution in [3.63, 3.8) is 0 Å². The summed E-state index contributed by atoms with van der Waals surface area (Å²) in [6.07, 6.45) is -1.18. The Morgan fingerprint density at radius 2 is 2.07 bits per heavy atom. The molecular weight excluding hydrogens is 399 g/mol. The third-order valence-electron chi connectivity index (χ3n) is 4.32. The number of hydrogen-bond acceptors (Lipinski definition) is 4. The van der Waals surface area contributed by atoms with E-state index in [-0.39, 0.29) is 22.9 Å². The zero-order valence-electron chi connectivity index (χ0n) is 15.4. The fourth-order valence-electron chi connectivity index (χ4n) is 2.89. The van der Waals surface area contributed by atoms with Gasteiger partial charge < -0.3 is 10.4 Å². The van der Waals surface area contributed by atoms with Crippen molar-refractivity contribution < 1.29 is 14.3 Å². The van der Waals surface area contributed by atoms with E-state index >= 15 is 0 Å². The van der Waals surface area contributed by atoms with Gasteiger partial charge in [0.05, 0.1) is 18.2 Å². The van der Waals surface area contributed by atoms with Crippen LogP contribution in [0, 0.1) is 12.7 Å². The Kier molecular flexibility index (Phi) is 6.44. The number of nitrogens with one attached hydrogen (secondary N) is 1. The number of aliphatic hydroxyl groups is 1. The lowest BCUT2D eigenvalue weighted by molar-refractivity contribution is -0.121. The zero-order chi connectivity index (χ0) is 20.3. The van der Waals surface area contributed by atoms with Crippen molar-refractivity contribution in [1.29, 1.82) is 0 Å². The Balaban J connectivity index is 1.64. The maximum atomic E-state index is 14.0. The largest absolute Gasteiger partial charge is 0.386 e. The van der Waals surface area contributed by atoms with E-state index in [1.807, 2.05) is 36.6 Å². The molecule has 0 spiro atoms. The average Bonchev–Trinajstić information content (AvgIpc) is 3.09. The molecule has 1 heterocycles. The molecule has 0 unspecified atom stereocenters. The van der Waals surface area contributed by atoms with Gasteiger partial charge in [0, 0.05) is 21.5 Å². The van der Waals surface area contributed by atoms with Crippen LogP contribution in [0.4, 0.5) is 4.39 Å². The van der Waals surface area contributed by atoms with Crippen LogP contribution < -0.4 is 5.32 Å². The molecule has 0 saturated carbocycles. The summed E-state index contributed by atoms with van der Waals surface area (Å²) >= 11 is 7.46. The molecule has 2 N–H and O–H groups in total.